The molecule has 0 aromatic heterocycles. The highest BCUT2D eigenvalue weighted by molar-refractivity contribution is 5.32. The van der Waals surface area contributed by atoms with E-state index in [4.69, 9.17) is 5.73 Å². The standard InChI is InChI=1S/C14H24N2/c1-10-5-7-13(11(2)9-10)14(16-4)8-6-12(3)15/h5,7,9,12,14,16H,6,8,15H2,1-4H3. The van der Waals surface area contributed by atoms with E-state index in [0.717, 1.165) is 12.8 Å². The summed E-state index contributed by atoms with van der Waals surface area (Å²) in [5, 5.41) is 3.38. The second kappa shape index (κ2) is 6.02. The molecule has 0 radical (unpaired) electrons. The van der Waals surface area contributed by atoms with E-state index in [-0.39, 0.29) is 6.04 Å². The molecule has 1 rings (SSSR count). The maximum Gasteiger partial charge on any atom is 0.0320 e. The predicted molar refractivity (Wildman–Crippen MR) is 70.6 cm³/mol. The zero-order chi connectivity index (χ0) is 12.1. The van der Waals surface area contributed by atoms with E-state index in [2.05, 4.69) is 44.3 Å². The Hall–Kier alpha value is -0.860. The molecule has 0 saturated heterocycles. The van der Waals surface area contributed by atoms with Crippen molar-refractivity contribution in [3.05, 3.63) is 34.9 Å². The summed E-state index contributed by atoms with van der Waals surface area (Å²) in [6, 6.07) is 7.35. The van der Waals surface area contributed by atoms with Gasteiger partial charge in [0.05, 0.1) is 0 Å². The van der Waals surface area contributed by atoms with Gasteiger partial charge in [0.25, 0.3) is 0 Å². The number of aryl methyl sites for hydroxylation is 2. The quantitative estimate of drug-likeness (QED) is 0.800. The van der Waals surface area contributed by atoms with Gasteiger partial charge in [-0.15, -0.1) is 0 Å². The van der Waals surface area contributed by atoms with Crippen LogP contribution in [0.4, 0.5) is 0 Å². The third-order valence-corrected chi connectivity index (χ3v) is 3.06. The second-order valence-corrected chi connectivity index (χ2v) is 4.76. The van der Waals surface area contributed by atoms with E-state index in [1.807, 2.05) is 7.05 Å². The predicted octanol–water partition coefficient (Wildman–Crippen LogP) is 2.69. The maximum atomic E-state index is 5.81. The van der Waals surface area contributed by atoms with Gasteiger partial charge in [-0.2, -0.15) is 0 Å². The smallest absolute Gasteiger partial charge is 0.0320 e. The molecule has 2 atom stereocenters. The monoisotopic (exact) mass is 220 g/mol. The van der Waals surface area contributed by atoms with Crippen molar-refractivity contribution in [2.75, 3.05) is 7.05 Å². The molecule has 2 nitrogen and oxygen atoms in total. The molecule has 0 aliphatic heterocycles. The molecule has 2 unspecified atom stereocenters. The molecule has 16 heavy (non-hydrogen) atoms. The highest BCUT2D eigenvalue weighted by Crippen LogP contribution is 2.23. The van der Waals surface area contributed by atoms with Crippen LogP contribution in [0.15, 0.2) is 18.2 Å². The molecule has 0 spiro atoms. The van der Waals surface area contributed by atoms with Crippen molar-refractivity contribution < 1.29 is 0 Å². The van der Waals surface area contributed by atoms with Gasteiger partial charge in [0, 0.05) is 12.1 Å². The van der Waals surface area contributed by atoms with E-state index in [9.17, 15) is 0 Å². The number of nitrogens with two attached hydrogens (primary N) is 1. The highest BCUT2D eigenvalue weighted by atomic mass is 14.9. The van der Waals surface area contributed by atoms with Crippen molar-refractivity contribution in [2.24, 2.45) is 5.73 Å². The summed E-state index contributed by atoms with van der Waals surface area (Å²) in [6.45, 7) is 6.38. The molecule has 0 aliphatic rings. The Morgan fingerprint density at radius 2 is 1.94 bits per heavy atom. The zero-order valence-electron chi connectivity index (χ0n) is 10.9. The topological polar surface area (TPSA) is 38.0 Å². The lowest BCUT2D eigenvalue weighted by Crippen LogP contribution is -2.22. The van der Waals surface area contributed by atoms with Gasteiger partial charge < -0.3 is 11.1 Å². The fourth-order valence-electron chi connectivity index (χ4n) is 2.10. The minimum absolute atomic E-state index is 0.279. The maximum absolute atomic E-state index is 5.81. The Morgan fingerprint density at radius 1 is 1.25 bits per heavy atom. The Bertz CT molecular complexity index is 332. The van der Waals surface area contributed by atoms with Crippen molar-refractivity contribution in [3.8, 4) is 0 Å². The molecular formula is C14H24N2. The Balaban J connectivity index is 2.78. The van der Waals surface area contributed by atoms with Crippen LogP contribution in [-0.4, -0.2) is 13.1 Å². The van der Waals surface area contributed by atoms with Crippen molar-refractivity contribution in [3.63, 3.8) is 0 Å². The van der Waals surface area contributed by atoms with Gasteiger partial charge >= 0.3 is 0 Å². The summed E-state index contributed by atoms with van der Waals surface area (Å²) in [5.41, 5.74) is 9.89. The fourth-order valence-corrected chi connectivity index (χ4v) is 2.10. The average Bonchev–Trinajstić information content (AvgIpc) is 2.21. The molecule has 90 valence electrons. The number of rotatable bonds is 5. The molecule has 0 saturated carbocycles. The van der Waals surface area contributed by atoms with Crippen LogP contribution in [0.5, 0.6) is 0 Å². The Morgan fingerprint density at radius 3 is 2.44 bits per heavy atom. The van der Waals surface area contributed by atoms with Gasteiger partial charge in [-0.05, 0) is 51.8 Å². The van der Waals surface area contributed by atoms with Gasteiger partial charge in [0.1, 0.15) is 0 Å². The van der Waals surface area contributed by atoms with Crippen LogP contribution in [0.3, 0.4) is 0 Å². The zero-order valence-corrected chi connectivity index (χ0v) is 10.9. The first-order valence-corrected chi connectivity index (χ1v) is 6.04. The molecule has 0 aliphatic carbocycles. The summed E-state index contributed by atoms with van der Waals surface area (Å²) >= 11 is 0. The third kappa shape index (κ3) is 3.62. The Labute approximate surface area is 99.2 Å². The second-order valence-electron chi connectivity index (χ2n) is 4.76. The first-order valence-electron chi connectivity index (χ1n) is 6.04. The highest BCUT2D eigenvalue weighted by Gasteiger charge is 2.12. The van der Waals surface area contributed by atoms with E-state index < -0.39 is 0 Å². The van der Waals surface area contributed by atoms with Crippen molar-refractivity contribution in [2.45, 2.75) is 45.7 Å². The van der Waals surface area contributed by atoms with Crippen LogP contribution < -0.4 is 11.1 Å². The van der Waals surface area contributed by atoms with E-state index in [1.165, 1.54) is 16.7 Å². The summed E-state index contributed by atoms with van der Waals surface area (Å²) in [5.74, 6) is 0. The van der Waals surface area contributed by atoms with Gasteiger partial charge in [-0.25, -0.2) is 0 Å². The first-order chi connectivity index (χ1) is 7.54. The van der Waals surface area contributed by atoms with Crippen LogP contribution in [0, 0.1) is 13.8 Å². The van der Waals surface area contributed by atoms with Crippen molar-refractivity contribution in [1.82, 2.24) is 5.32 Å². The van der Waals surface area contributed by atoms with Crippen LogP contribution in [-0.2, 0) is 0 Å². The van der Waals surface area contributed by atoms with Gasteiger partial charge in [-0.1, -0.05) is 23.8 Å². The lowest BCUT2D eigenvalue weighted by molar-refractivity contribution is 0.495. The summed E-state index contributed by atoms with van der Waals surface area (Å²) in [6.07, 6.45) is 2.15. The SMILES string of the molecule is CNC(CCC(C)N)c1ccc(C)cc1C. The first kappa shape index (κ1) is 13.2. The average molecular weight is 220 g/mol. The van der Waals surface area contributed by atoms with Crippen LogP contribution >= 0.6 is 0 Å². The van der Waals surface area contributed by atoms with Crippen LogP contribution in [0.2, 0.25) is 0 Å². The molecular weight excluding hydrogens is 196 g/mol. The van der Waals surface area contributed by atoms with Gasteiger partial charge in [-0.3, -0.25) is 0 Å². The molecule has 0 heterocycles. The number of nitrogens with one attached hydrogen (secondary N) is 1. The molecule has 0 fully saturated rings. The number of hydrogen-bond acceptors (Lipinski definition) is 2. The minimum atomic E-state index is 0.279. The molecule has 0 amide bonds. The summed E-state index contributed by atoms with van der Waals surface area (Å²) < 4.78 is 0. The van der Waals surface area contributed by atoms with Gasteiger partial charge in [0.15, 0.2) is 0 Å². The fraction of sp³-hybridized carbons (Fsp3) is 0.571. The normalized spacial score (nSPS) is 14.8. The van der Waals surface area contributed by atoms with Crippen LogP contribution in [0.1, 0.15) is 42.5 Å². The molecule has 3 N–H and O–H groups in total. The van der Waals surface area contributed by atoms with E-state index >= 15 is 0 Å². The van der Waals surface area contributed by atoms with Gasteiger partial charge in [0.2, 0.25) is 0 Å². The van der Waals surface area contributed by atoms with E-state index in [0.29, 0.717) is 6.04 Å². The molecule has 2 heteroatoms. The largest absolute Gasteiger partial charge is 0.328 e. The molecule has 0 bridgehead atoms. The van der Waals surface area contributed by atoms with E-state index in [1.54, 1.807) is 0 Å². The molecule has 1 aromatic rings. The Kier molecular flexibility index (Phi) is 4.97. The van der Waals surface area contributed by atoms with Crippen molar-refractivity contribution >= 4 is 0 Å². The summed E-state index contributed by atoms with van der Waals surface area (Å²) in [7, 11) is 2.02. The lowest BCUT2D eigenvalue weighted by atomic mass is 9.95. The number of hydrogen-bond donors (Lipinski definition) is 2. The van der Waals surface area contributed by atoms with Crippen LogP contribution in [0.25, 0.3) is 0 Å². The van der Waals surface area contributed by atoms with Crippen molar-refractivity contribution in [1.29, 1.82) is 0 Å². The lowest BCUT2D eigenvalue weighted by Gasteiger charge is -2.20. The minimum Gasteiger partial charge on any atom is -0.328 e. The summed E-state index contributed by atoms with van der Waals surface area (Å²) in [4.78, 5) is 0. The molecule has 1 aromatic carbocycles. The number of benzene rings is 1. The third-order valence-electron chi connectivity index (χ3n) is 3.06.